The fraction of sp³-hybridized carbons (Fsp3) is 0.333. The Kier molecular flexibility index (Phi) is 8.44. The number of aliphatic imine (C=N–C) groups is 1. The molecule has 0 bridgehead atoms. The van der Waals surface area contributed by atoms with Crippen molar-refractivity contribution in [2.75, 3.05) is 18.4 Å². The predicted molar refractivity (Wildman–Crippen MR) is 130 cm³/mol. The lowest BCUT2D eigenvalue weighted by molar-refractivity contribution is -0.116. The standard InChI is InChI=1S/C24H30N4O2S/c1-3-7-23(30)28-19-12-10-17(11-13-19)15-26-24(25-4-2)27-16-20(29)22-14-18-8-5-6-9-21(18)31-22/h5-6,8-14,20,29H,3-4,7,15-16H2,1-2H3,(H,28,30)(H2,25,26,27). The average Bonchev–Trinajstić information content (AvgIpc) is 3.21. The van der Waals surface area contributed by atoms with Gasteiger partial charge in [0, 0.05) is 34.8 Å². The summed E-state index contributed by atoms with van der Waals surface area (Å²) in [6.07, 6.45) is 0.750. The van der Waals surface area contributed by atoms with E-state index in [0.29, 0.717) is 25.5 Å². The van der Waals surface area contributed by atoms with Crippen LogP contribution in [0.1, 0.15) is 43.2 Å². The van der Waals surface area contributed by atoms with Gasteiger partial charge in [-0.2, -0.15) is 0 Å². The molecular weight excluding hydrogens is 408 g/mol. The van der Waals surface area contributed by atoms with Crippen molar-refractivity contribution in [2.45, 2.75) is 39.3 Å². The Labute approximate surface area is 187 Å². The van der Waals surface area contributed by atoms with Gasteiger partial charge < -0.3 is 21.1 Å². The van der Waals surface area contributed by atoms with E-state index in [1.165, 1.54) is 4.70 Å². The van der Waals surface area contributed by atoms with Crippen molar-refractivity contribution < 1.29 is 9.90 Å². The lowest BCUT2D eigenvalue weighted by Gasteiger charge is -2.14. The molecule has 7 heteroatoms. The highest BCUT2D eigenvalue weighted by molar-refractivity contribution is 7.19. The van der Waals surface area contributed by atoms with E-state index >= 15 is 0 Å². The van der Waals surface area contributed by atoms with E-state index in [-0.39, 0.29) is 5.91 Å². The van der Waals surface area contributed by atoms with Crippen LogP contribution in [0.15, 0.2) is 59.6 Å². The molecule has 3 aromatic rings. The lowest BCUT2D eigenvalue weighted by Crippen LogP contribution is -2.39. The number of aliphatic hydroxyl groups excluding tert-OH is 1. The fourth-order valence-corrected chi connectivity index (χ4v) is 4.17. The second-order valence-electron chi connectivity index (χ2n) is 7.27. The molecule has 1 aromatic heterocycles. The molecule has 0 saturated carbocycles. The van der Waals surface area contributed by atoms with Crippen LogP contribution in [0.3, 0.4) is 0 Å². The number of carbonyl (C=O) groups is 1. The first-order chi connectivity index (χ1) is 15.1. The Hall–Kier alpha value is -2.90. The van der Waals surface area contributed by atoms with Gasteiger partial charge in [0.1, 0.15) is 6.10 Å². The number of amides is 1. The molecule has 4 N–H and O–H groups in total. The van der Waals surface area contributed by atoms with E-state index in [1.54, 1.807) is 11.3 Å². The summed E-state index contributed by atoms with van der Waals surface area (Å²) in [5, 5.41) is 21.1. The minimum Gasteiger partial charge on any atom is -0.386 e. The number of hydrogen-bond acceptors (Lipinski definition) is 4. The monoisotopic (exact) mass is 438 g/mol. The molecule has 164 valence electrons. The van der Waals surface area contributed by atoms with Gasteiger partial charge in [-0.05, 0) is 48.6 Å². The molecule has 1 atom stereocenters. The van der Waals surface area contributed by atoms with Crippen LogP contribution in [0.2, 0.25) is 0 Å². The predicted octanol–water partition coefficient (Wildman–Crippen LogP) is 4.43. The molecule has 1 amide bonds. The molecule has 3 rings (SSSR count). The van der Waals surface area contributed by atoms with E-state index < -0.39 is 6.10 Å². The molecular formula is C24H30N4O2S. The van der Waals surface area contributed by atoms with Crippen molar-refractivity contribution in [3.8, 4) is 0 Å². The van der Waals surface area contributed by atoms with Gasteiger partial charge in [-0.15, -0.1) is 11.3 Å². The van der Waals surface area contributed by atoms with E-state index in [1.807, 2.05) is 56.3 Å². The smallest absolute Gasteiger partial charge is 0.224 e. The Morgan fingerprint density at radius 2 is 1.87 bits per heavy atom. The van der Waals surface area contributed by atoms with Gasteiger partial charge in [-0.3, -0.25) is 4.79 Å². The number of aliphatic hydroxyl groups is 1. The summed E-state index contributed by atoms with van der Waals surface area (Å²) in [5.41, 5.74) is 1.83. The molecule has 0 saturated heterocycles. The van der Waals surface area contributed by atoms with Gasteiger partial charge in [-0.25, -0.2) is 4.99 Å². The van der Waals surface area contributed by atoms with Gasteiger partial charge in [-0.1, -0.05) is 37.3 Å². The summed E-state index contributed by atoms with van der Waals surface area (Å²) in [6, 6.07) is 17.9. The number of anilines is 1. The third-order valence-electron chi connectivity index (χ3n) is 4.71. The Morgan fingerprint density at radius 1 is 1.10 bits per heavy atom. The average molecular weight is 439 g/mol. The van der Waals surface area contributed by atoms with Crippen LogP contribution in [-0.2, 0) is 11.3 Å². The molecule has 0 aliphatic carbocycles. The van der Waals surface area contributed by atoms with Crippen LogP contribution in [0.4, 0.5) is 5.69 Å². The van der Waals surface area contributed by atoms with Gasteiger partial charge >= 0.3 is 0 Å². The number of rotatable bonds is 9. The van der Waals surface area contributed by atoms with Crippen LogP contribution in [0.5, 0.6) is 0 Å². The van der Waals surface area contributed by atoms with Crippen LogP contribution in [-0.4, -0.2) is 30.1 Å². The van der Waals surface area contributed by atoms with Crippen LogP contribution in [0, 0.1) is 0 Å². The molecule has 6 nitrogen and oxygen atoms in total. The maximum atomic E-state index is 11.7. The normalized spacial score (nSPS) is 12.5. The van der Waals surface area contributed by atoms with Gasteiger partial charge in [0.2, 0.25) is 5.91 Å². The number of hydrogen-bond donors (Lipinski definition) is 4. The molecule has 0 aliphatic heterocycles. The number of carbonyl (C=O) groups excluding carboxylic acids is 1. The minimum absolute atomic E-state index is 0.0316. The van der Waals surface area contributed by atoms with E-state index in [2.05, 4.69) is 33.1 Å². The first-order valence-corrected chi connectivity index (χ1v) is 11.5. The van der Waals surface area contributed by atoms with Crippen LogP contribution < -0.4 is 16.0 Å². The van der Waals surface area contributed by atoms with Crippen molar-refractivity contribution >= 4 is 39.0 Å². The Balaban J connectivity index is 1.56. The van der Waals surface area contributed by atoms with Crippen molar-refractivity contribution in [3.63, 3.8) is 0 Å². The third kappa shape index (κ3) is 6.80. The quantitative estimate of drug-likeness (QED) is 0.294. The topological polar surface area (TPSA) is 85.8 Å². The molecule has 0 radical (unpaired) electrons. The van der Waals surface area contributed by atoms with Crippen molar-refractivity contribution in [2.24, 2.45) is 4.99 Å². The first-order valence-electron chi connectivity index (χ1n) is 10.7. The zero-order valence-electron chi connectivity index (χ0n) is 18.0. The summed E-state index contributed by atoms with van der Waals surface area (Å²) in [6.45, 7) is 5.59. The van der Waals surface area contributed by atoms with Crippen molar-refractivity contribution in [1.29, 1.82) is 0 Å². The molecule has 1 unspecified atom stereocenters. The lowest BCUT2D eigenvalue weighted by atomic mass is 10.2. The third-order valence-corrected chi connectivity index (χ3v) is 5.93. The summed E-state index contributed by atoms with van der Waals surface area (Å²) in [7, 11) is 0. The summed E-state index contributed by atoms with van der Waals surface area (Å²) < 4.78 is 1.17. The highest BCUT2D eigenvalue weighted by atomic mass is 32.1. The van der Waals surface area contributed by atoms with Crippen LogP contribution in [0.25, 0.3) is 10.1 Å². The van der Waals surface area contributed by atoms with E-state index in [4.69, 9.17) is 0 Å². The highest BCUT2D eigenvalue weighted by Gasteiger charge is 2.12. The zero-order valence-corrected chi connectivity index (χ0v) is 18.8. The highest BCUT2D eigenvalue weighted by Crippen LogP contribution is 2.29. The molecule has 0 fully saturated rings. The van der Waals surface area contributed by atoms with Crippen molar-refractivity contribution in [3.05, 3.63) is 65.0 Å². The largest absolute Gasteiger partial charge is 0.386 e. The Morgan fingerprint density at radius 3 is 2.58 bits per heavy atom. The zero-order chi connectivity index (χ0) is 22.1. The summed E-state index contributed by atoms with van der Waals surface area (Å²) in [4.78, 5) is 17.2. The van der Waals surface area contributed by atoms with E-state index in [0.717, 1.165) is 34.5 Å². The first kappa shape index (κ1) is 22.8. The number of fused-ring (bicyclic) bond motifs is 1. The molecule has 1 heterocycles. The number of thiophene rings is 1. The summed E-state index contributed by atoms with van der Waals surface area (Å²) in [5.74, 6) is 0.687. The fourth-order valence-electron chi connectivity index (χ4n) is 3.12. The minimum atomic E-state index is -0.604. The Bertz CT molecular complexity index is 981. The maximum absolute atomic E-state index is 11.7. The number of guanidine groups is 1. The molecule has 0 aliphatic rings. The van der Waals surface area contributed by atoms with E-state index in [9.17, 15) is 9.90 Å². The maximum Gasteiger partial charge on any atom is 0.224 e. The number of nitrogens with zero attached hydrogens (tertiary/aromatic N) is 1. The molecule has 31 heavy (non-hydrogen) atoms. The summed E-state index contributed by atoms with van der Waals surface area (Å²) >= 11 is 1.61. The SMILES string of the molecule is CCCC(=O)Nc1ccc(CN=C(NCC)NCC(O)c2cc3ccccc3s2)cc1. The van der Waals surface area contributed by atoms with Gasteiger partial charge in [0.15, 0.2) is 5.96 Å². The number of benzene rings is 2. The van der Waals surface area contributed by atoms with Crippen LogP contribution >= 0.6 is 11.3 Å². The second-order valence-corrected chi connectivity index (χ2v) is 8.39. The molecule has 0 spiro atoms. The molecule has 2 aromatic carbocycles. The second kappa shape index (κ2) is 11.5. The number of nitrogens with one attached hydrogen (secondary N) is 3. The van der Waals surface area contributed by atoms with Crippen molar-refractivity contribution in [1.82, 2.24) is 10.6 Å². The van der Waals surface area contributed by atoms with Gasteiger partial charge in [0.05, 0.1) is 6.54 Å². The van der Waals surface area contributed by atoms with Gasteiger partial charge in [0.25, 0.3) is 0 Å².